The Hall–Kier alpha value is -2.87. The van der Waals surface area contributed by atoms with Crippen LogP contribution in [0.15, 0.2) is 42.1 Å². The van der Waals surface area contributed by atoms with Crippen LogP contribution in [0.3, 0.4) is 0 Å². The Kier molecular flexibility index (Phi) is 9.52. The number of hydrogen-bond donors (Lipinski definition) is 0. The number of hydrogen-bond acceptors (Lipinski definition) is 8. The van der Waals surface area contributed by atoms with Gasteiger partial charge in [-0.3, -0.25) is 4.90 Å². The van der Waals surface area contributed by atoms with Crippen molar-refractivity contribution in [2.75, 3.05) is 41.0 Å². The van der Waals surface area contributed by atoms with Crippen LogP contribution >= 0.6 is 0 Å². The number of likely N-dealkylation sites (N-methyl/N-ethyl adjacent to an activating group) is 1. The van der Waals surface area contributed by atoms with Crippen molar-refractivity contribution in [1.82, 2.24) is 4.90 Å². The number of carbonyl (C=O) groups is 2. The maximum atomic E-state index is 11.9. The second kappa shape index (κ2) is 12.1. The Bertz CT molecular complexity index is 767. The van der Waals surface area contributed by atoms with Gasteiger partial charge in [0, 0.05) is 11.6 Å². The molecule has 0 bridgehead atoms. The maximum Gasteiger partial charge on any atom is 0.347 e. The van der Waals surface area contributed by atoms with Gasteiger partial charge in [-0.1, -0.05) is 31.0 Å². The Morgan fingerprint density at radius 1 is 1.10 bits per heavy atom. The molecular weight excluding hydrogens is 400 g/mol. The third-order valence-corrected chi connectivity index (χ3v) is 5.44. The summed E-state index contributed by atoms with van der Waals surface area (Å²) in [5.74, 6) is -0.398. The summed E-state index contributed by atoms with van der Waals surface area (Å²) < 4.78 is 15.0. The Morgan fingerprint density at radius 2 is 1.74 bits per heavy atom. The van der Waals surface area contributed by atoms with Gasteiger partial charge in [0.15, 0.2) is 0 Å². The summed E-state index contributed by atoms with van der Waals surface area (Å²) in [6, 6.07) is 7.67. The lowest BCUT2D eigenvalue weighted by molar-refractivity contribution is -0.153. The molecular formula is C23H32N2O6. The van der Waals surface area contributed by atoms with Crippen LogP contribution in [0.5, 0.6) is 5.75 Å². The van der Waals surface area contributed by atoms with Gasteiger partial charge in [-0.15, -0.1) is 0 Å². The average molecular weight is 433 g/mol. The van der Waals surface area contributed by atoms with Gasteiger partial charge in [-0.05, 0) is 51.2 Å². The normalized spacial score (nSPS) is 15.8. The first kappa shape index (κ1) is 24.4. The number of carbonyl (C=O) groups excluding carboxylic acids is 2. The summed E-state index contributed by atoms with van der Waals surface area (Å²) in [5, 5.41) is 4.41. The van der Waals surface area contributed by atoms with E-state index in [1.807, 2.05) is 38.4 Å². The molecule has 1 aliphatic carbocycles. The van der Waals surface area contributed by atoms with E-state index in [0.29, 0.717) is 0 Å². The van der Waals surface area contributed by atoms with Crippen LogP contribution in [0.25, 0.3) is 0 Å². The van der Waals surface area contributed by atoms with E-state index in [-0.39, 0.29) is 25.4 Å². The van der Waals surface area contributed by atoms with Crippen molar-refractivity contribution in [1.29, 1.82) is 0 Å². The van der Waals surface area contributed by atoms with E-state index >= 15 is 0 Å². The fourth-order valence-electron chi connectivity index (χ4n) is 3.74. The highest BCUT2D eigenvalue weighted by atomic mass is 16.7. The third-order valence-electron chi connectivity index (χ3n) is 5.44. The first-order valence-corrected chi connectivity index (χ1v) is 10.4. The van der Waals surface area contributed by atoms with E-state index in [1.165, 1.54) is 6.42 Å². The van der Waals surface area contributed by atoms with Gasteiger partial charge in [0.2, 0.25) is 6.61 Å². The monoisotopic (exact) mass is 432 g/mol. The number of methoxy groups -OCH3 is 1. The average Bonchev–Trinajstić information content (AvgIpc) is 2.80. The van der Waals surface area contributed by atoms with E-state index in [2.05, 4.69) is 16.6 Å². The highest BCUT2D eigenvalue weighted by Crippen LogP contribution is 2.36. The standard InChI is InChI=1S/C23H32N2O6/c1-5-20(26)29-15-16-30-21(27)17-31-24-22(18-9-11-19(28-4)12-10-18)23(25(2)3)13-7-6-8-14-23/h5,9-12H,1,6-8,13-17H2,2-4H3. The van der Waals surface area contributed by atoms with Crippen molar-refractivity contribution in [2.45, 2.75) is 37.6 Å². The molecule has 1 aromatic carbocycles. The maximum absolute atomic E-state index is 11.9. The summed E-state index contributed by atoms with van der Waals surface area (Å²) in [7, 11) is 5.71. The SMILES string of the molecule is C=CC(=O)OCCOC(=O)CON=C(c1ccc(OC)cc1)C1(N(C)C)CCCCC1. The van der Waals surface area contributed by atoms with E-state index in [4.69, 9.17) is 19.0 Å². The van der Waals surface area contributed by atoms with Gasteiger partial charge in [-0.2, -0.15) is 0 Å². The van der Waals surface area contributed by atoms with Gasteiger partial charge >= 0.3 is 11.9 Å². The van der Waals surface area contributed by atoms with Crippen LogP contribution < -0.4 is 4.74 Å². The summed E-state index contributed by atoms with van der Waals surface area (Å²) in [6.45, 7) is 2.86. The van der Waals surface area contributed by atoms with Crippen LogP contribution in [0.2, 0.25) is 0 Å². The lowest BCUT2D eigenvalue weighted by Gasteiger charge is -2.43. The van der Waals surface area contributed by atoms with E-state index in [1.54, 1.807) is 7.11 Å². The summed E-state index contributed by atoms with van der Waals surface area (Å²) in [4.78, 5) is 30.5. The van der Waals surface area contributed by atoms with E-state index in [9.17, 15) is 9.59 Å². The molecule has 0 aliphatic heterocycles. The van der Waals surface area contributed by atoms with Crippen LogP contribution in [-0.2, 0) is 23.9 Å². The summed E-state index contributed by atoms with van der Waals surface area (Å²) in [6.07, 6.45) is 6.33. The van der Waals surface area contributed by atoms with Gasteiger partial charge in [0.1, 0.15) is 24.7 Å². The molecule has 0 aromatic heterocycles. The molecule has 8 nitrogen and oxygen atoms in total. The number of esters is 2. The minimum atomic E-state index is -0.588. The highest BCUT2D eigenvalue weighted by Gasteiger charge is 2.40. The van der Waals surface area contributed by atoms with Crippen molar-refractivity contribution < 1.29 is 28.6 Å². The zero-order valence-corrected chi connectivity index (χ0v) is 18.6. The second-order valence-electron chi connectivity index (χ2n) is 7.52. The lowest BCUT2D eigenvalue weighted by Crippen LogP contribution is -2.52. The second-order valence-corrected chi connectivity index (χ2v) is 7.52. The first-order chi connectivity index (χ1) is 14.9. The number of ether oxygens (including phenoxy) is 3. The largest absolute Gasteiger partial charge is 0.497 e. The predicted octanol–water partition coefficient (Wildman–Crippen LogP) is 2.95. The molecule has 0 heterocycles. The quantitative estimate of drug-likeness (QED) is 0.175. The van der Waals surface area contributed by atoms with Crippen molar-refractivity contribution in [3.05, 3.63) is 42.5 Å². The van der Waals surface area contributed by atoms with Crippen LogP contribution in [0.4, 0.5) is 0 Å². The first-order valence-electron chi connectivity index (χ1n) is 10.4. The molecule has 0 spiro atoms. The number of rotatable bonds is 11. The van der Waals surface area contributed by atoms with E-state index in [0.717, 1.165) is 48.8 Å². The number of nitrogens with zero attached hydrogens (tertiary/aromatic N) is 2. The minimum Gasteiger partial charge on any atom is -0.497 e. The fourth-order valence-corrected chi connectivity index (χ4v) is 3.74. The molecule has 2 rings (SSSR count). The Morgan fingerprint density at radius 3 is 2.32 bits per heavy atom. The highest BCUT2D eigenvalue weighted by molar-refractivity contribution is 6.07. The Labute approximate surface area is 183 Å². The molecule has 1 aromatic rings. The number of oxime groups is 1. The molecule has 170 valence electrons. The van der Waals surface area contributed by atoms with Crippen molar-refractivity contribution >= 4 is 17.7 Å². The van der Waals surface area contributed by atoms with Crippen LogP contribution in [0, 0.1) is 0 Å². The minimum absolute atomic E-state index is 0.0410. The molecule has 0 atom stereocenters. The number of benzene rings is 1. The molecule has 0 radical (unpaired) electrons. The van der Waals surface area contributed by atoms with Gasteiger partial charge < -0.3 is 19.0 Å². The van der Waals surface area contributed by atoms with Crippen LogP contribution in [-0.4, -0.2) is 69.1 Å². The molecule has 0 saturated heterocycles. The van der Waals surface area contributed by atoms with E-state index < -0.39 is 11.9 Å². The molecule has 1 fully saturated rings. The third kappa shape index (κ3) is 6.82. The zero-order valence-electron chi connectivity index (χ0n) is 18.6. The molecule has 8 heteroatoms. The molecule has 0 unspecified atom stereocenters. The van der Waals surface area contributed by atoms with Crippen molar-refractivity contribution in [2.24, 2.45) is 5.16 Å². The van der Waals surface area contributed by atoms with Crippen molar-refractivity contribution in [3.63, 3.8) is 0 Å². The van der Waals surface area contributed by atoms with Gasteiger partial charge in [-0.25, -0.2) is 9.59 Å². The van der Waals surface area contributed by atoms with Crippen LogP contribution in [0.1, 0.15) is 37.7 Å². The lowest BCUT2D eigenvalue weighted by atomic mass is 9.75. The molecule has 1 saturated carbocycles. The summed E-state index contributed by atoms with van der Waals surface area (Å²) >= 11 is 0. The molecule has 0 amide bonds. The molecule has 1 aliphatic rings. The molecule has 31 heavy (non-hydrogen) atoms. The molecule has 0 N–H and O–H groups in total. The zero-order chi connectivity index (χ0) is 22.7. The van der Waals surface area contributed by atoms with Crippen molar-refractivity contribution in [3.8, 4) is 5.75 Å². The smallest absolute Gasteiger partial charge is 0.347 e. The fraction of sp³-hybridized carbons (Fsp3) is 0.522. The summed E-state index contributed by atoms with van der Waals surface area (Å²) in [5.41, 5.74) is 1.42. The van der Waals surface area contributed by atoms with Gasteiger partial charge in [0.05, 0.1) is 12.6 Å². The predicted molar refractivity (Wildman–Crippen MR) is 117 cm³/mol. The topological polar surface area (TPSA) is 86.7 Å². The Balaban J connectivity index is 2.10. The van der Waals surface area contributed by atoms with Gasteiger partial charge in [0.25, 0.3) is 0 Å².